The summed E-state index contributed by atoms with van der Waals surface area (Å²) in [7, 11) is 0. The van der Waals surface area contributed by atoms with E-state index in [-0.39, 0.29) is 23.3 Å². The predicted octanol–water partition coefficient (Wildman–Crippen LogP) is 5.47. The highest BCUT2D eigenvalue weighted by Crippen LogP contribution is 2.29. The maximum Gasteiger partial charge on any atom is 0.265 e. The van der Waals surface area contributed by atoms with Gasteiger partial charge in [0.15, 0.2) is 5.13 Å². The molecule has 0 fully saturated rings. The van der Waals surface area contributed by atoms with Crippen LogP contribution < -0.4 is 16.0 Å². The second kappa shape index (κ2) is 9.72. The van der Waals surface area contributed by atoms with Crippen LogP contribution in [0.4, 0.5) is 20.9 Å². The van der Waals surface area contributed by atoms with Gasteiger partial charge >= 0.3 is 0 Å². The third-order valence-electron chi connectivity index (χ3n) is 4.44. The van der Waals surface area contributed by atoms with Crippen molar-refractivity contribution in [2.24, 2.45) is 0 Å². The topological polar surface area (TPSA) is 100 Å². The summed E-state index contributed by atoms with van der Waals surface area (Å²) < 4.78 is 14.4. The Morgan fingerprint density at radius 2 is 1.64 bits per heavy atom. The average Bonchev–Trinajstić information content (AvgIpc) is 3.46. The van der Waals surface area contributed by atoms with Crippen LogP contribution in [0.3, 0.4) is 0 Å². The van der Waals surface area contributed by atoms with Gasteiger partial charge in [0.05, 0.1) is 10.6 Å². The van der Waals surface area contributed by atoms with Crippen LogP contribution in [0.2, 0.25) is 0 Å². The molecular weight excluding hydrogens is 463 g/mol. The van der Waals surface area contributed by atoms with Gasteiger partial charge in [-0.05, 0) is 53.9 Å². The molecule has 2 aromatic carbocycles. The van der Waals surface area contributed by atoms with Crippen LogP contribution in [0.25, 0.3) is 11.3 Å². The molecule has 0 atom stereocenters. The van der Waals surface area contributed by atoms with Gasteiger partial charge in [-0.15, -0.1) is 22.7 Å². The lowest BCUT2D eigenvalue weighted by atomic mass is 10.1. The Kier molecular flexibility index (Phi) is 6.57. The first kappa shape index (κ1) is 22.3. The molecule has 2 heterocycles. The van der Waals surface area contributed by atoms with Gasteiger partial charge in [-0.3, -0.25) is 19.7 Å². The fourth-order valence-electron chi connectivity index (χ4n) is 2.93. The minimum Gasteiger partial charge on any atom is -0.326 e. The van der Waals surface area contributed by atoms with Gasteiger partial charge in [-0.2, -0.15) is 0 Å². The predicted molar refractivity (Wildman–Crippen MR) is 128 cm³/mol. The van der Waals surface area contributed by atoms with Crippen molar-refractivity contribution in [3.8, 4) is 11.3 Å². The second-order valence-electron chi connectivity index (χ2n) is 6.88. The fraction of sp³-hybridized carbons (Fsp3) is 0.0435. The summed E-state index contributed by atoms with van der Waals surface area (Å²) in [5.74, 6) is -1.42. The van der Waals surface area contributed by atoms with Crippen molar-refractivity contribution in [3.05, 3.63) is 81.6 Å². The van der Waals surface area contributed by atoms with Crippen molar-refractivity contribution in [3.63, 3.8) is 0 Å². The zero-order chi connectivity index (χ0) is 23.4. The summed E-state index contributed by atoms with van der Waals surface area (Å²) in [5, 5.41) is 11.8. The molecule has 0 radical (unpaired) electrons. The van der Waals surface area contributed by atoms with Gasteiger partial charge in [0.2, 0.25) is 5.91 Å². The van der Waals surface area contributed by atoms with E-state index in [4.69, 9.17) is 0 Å². The SMILES string of the molecule is CC(=O)Nc1ccc(-c2csc(NC(=O)c3ccc(NC(=O)c4cccs4)cc3)n2)c(F)c1. The standard InChI is InChI=1S/C23H17FN4O3S2/c1-13(29)25-16-8-9-17(18(24)11-16)19-12-33-23(27-19)28-21(30)14-4-6-15(7-5-14)26-22(31)20-3-2-10-32-20/h2-12H,1H3,(H,25,29)(H,26,31)(H,27,28,30). The van der Waals surface area contributed by atoms with Crippen LogP contribution in [0, 0.1) is 5.82 Å². The number of hydrogen-bond acceptors (Lipinski definition) is 6. The van der Waals surface area contributed by atoms with Crippen molar-refractivity contribution in [2.45, 2.75) is 6.92 Å². The van der Waals surface area contributed by atoms with Gasteiger partial charge in [0.25, 0.3) is 11.8 Å². The monoisotopic (exact) mass is 480 g/mol. The highest BCUT2D eigenvalue weighted by molar-refractivity contribution is 7.14. The highest BCUT2D eigenvalue weighted by Gasteiger charge is 2.14. The Hall–Kier alpha value is -3.89. The molecule has 3 amide bonds. The van der Waals surface area contributed by atoms with Crippen molar-refractivity contribution in [2.75, 3.05) is 16.0 Å². The molecule has 0 aliphatic carbocycles. The van der Waals surface area contributed by atoms with Crippen LogP contribution >= 0.6 is 22.7 Å². The van der Waals surface area contributed by atoms with Crippen molar-refractivity contribution in [1.29, 1.82) is 0 Å². The number of amides is 3. The minimum absolute atomic E-state index is 0.213. The Labute approximate surface area is 196 Å². The van der Waals surface area contributed by atoms with E-state index in [1.54, 1.807) is 47.8 Å². The molecule has 0 bridgehead atoms. The first-order valence-corrected chi connectivity index (χ1v) is 11.4. The fourth-order valence-corrected chi connectivity index (χ4v) is 4.26. The number of carbonyl (C=O) groups is 3. The molecule has 0 aliphatic rings. The number of nitrogens with one attached hydrogen (secondary N) is 3. The van der Waals surface area contributed by atoms with Crippen molar-refractivity contribution < 1.29 is 18.8 Å². The first-order chi connectivity index (χ1) is 15.9. The van der Waals surface area contributed by atoms with Crippen LogP contribution in [0.15, 0.2) is 65.4 Å². The molecule has 3 N–H and O–H groups in total. The lowest BCUT2D eigenvalue weighted by molar-refractivity contribution is -0.114. The number of carbonyl (C=O) groups excluding carboxylic acids is 3. The van der Waals surface area contributed by atoms with E-state index in [1.807, 2.05) is 5.38 Å². The number of halogens is 1. The minimum atomic E-state index is -0.537. The quantitative estimate of drug-likeness (QED) is 0.340. The Morgan fingerprint density at radius 1 is 0.879 bits per heavy atom. The van der Waals surface area contributed by atoms with Crippen LogP contribution in [0.5, 0.6) is 0 Å². The largest absolute Gasteiger partial charge is 0.326 e. The number of aromatic nitrogens is 1. The van der Waals surface area contributed by atoms with Gasteiger partial charge in [-0.25, -0.2) is 9.37 Å². The zero-order valence-electron chi connectivity index (χ0n) is 17.2. The molecule has 7 nitrogen and oxygen atoms in total. The zero-order valence-corrected chi connectivity index (χ0v) is 18.9. The van der Waals surface area contributed by atoms with Crippen LogP contribution in [0.1, 0.15) is 27.0 Å². The van der Waals surface area contributed by atoms with Crippen LogP contribution in [-0.4, -0.2) is 22.7 Å². The molecule has 4 rings (SSSR count). The van der Waals surface area contributed by atoms with E-state index in [0.29, 0.717) is 32.6 Å². The van der Waals surface area contributed by atoms with E-state index in [9.17, 15) is 18.8 Å². The molecule has 33 heavy (non-hydrogen) atoms. The lowest BCUT2D eigenvalue weighted by Crippen LogP contribution is -2.13. The number of thiophene rings is 1. The number of hydrogen-bond donors (Lipinski definition) is 3. The first-order valence-electron chi connectivity index (χ1n) is 9.68. The van der Waals surface area contributed by atoms with Gasteiger partial charge in [-0.1, -0.05) is 6.07 Å². The number of nitrogens with zero attached hydrogens (tertiary/aromatic N) is 1. The van der Waals surface area contributed by atoms with Crippen LogP contribution in [-0.2, 0) is 4.79 Å². The van der Waals surface area contributed by atoms with Crippen molar-refractivity contribution in [1.82, 2.24) is 4.98 Å². The molecule has 0 aliphatic heterocycles. The third-order valence-corrected chi connectivity index (χ3v) is 6.07. The maximum atomic E-state index is 14.4. The summed E-state index contributed by atoms with van der Waals surface area (Å²) in [6.45, 7) is 1.34. The Morgan fingerprint density at radius 3 is 2.30 bits per heavy atom. The normalized spacial score (nSPS) is 10.5. The number of thiazole rings is 1. The molecular formula is C23H17FN4O3S2. The van der Waals surface area contributed by atoms with Gasteiger partial charge in [0.1, 0.15) is 5.82 Å². The molecule has 0 saturated carbocycles. The maximum absolute atomic E-state index is 14.4. The molecule has 0 spiro atoms. The second-order valence-corrected chi connectivity index (χ2v) is 8.68. The number of rotatable bonds is 6. The molecule has 4 aromatic rings. The summed E-state index contributed by atoms with van der Waals surface area (Å²) in [4.78, 5) is 40.7. The van der Waals surface area contributed by atoms with Crippen molar-refractivity contribution >= 4 is 56.9 Å². The lowest BCUT2D eigenvalue weighted by Gasteiger charge is -2.06. The molecule has 166 valence electrons. The Bertz CT molecular complexity index is 1320. The molecule has 2 aromatic heterocycles. The smallest absolute Gasteiger partial charge is 0.265 e. The van der Waals surface area contributed by atoms with E-state index < -0.39 is 5.82 Å². The Balaban J connectivity index is 1.40. The summed E-state index contributed by atoms with van der Waals surface area (Å²) >= 11 is 2.51. The van der Waals surface area contributed by atoms with E-state index in [0.717, 1.165) is 0 Å². The third kappa shape index (κ3) is 5.48. The molecule has 0 saturated heterocycles. The number of benzene rings is 2. The van der Waals surface area contributed by atoms with E-state index >= 15 is 0 Å². The molecule has 10 heteroatoms. The van der Waals surface area contributed by atoms with E-state index in [2.05, 4.69) is 20.9 Å². The summed E-state index contributed by atoms with van der Waals surface area (Å²) in [5.41, 5.74) is 1.93. The van der Waals surface area contributed by atoms with Gasteiger partial charge < -0.3 is 10.6 Å². The van der Waals surface area contributed by atoms with E-state index in [1.165, 1.54) is 41.7 Å². The summed E-state index contributed by atoms with van der Waals surface area (Å²) in [6.07, 6.45) is 0. The van der Waals surface area contributed by atoms with Gasteiger partial charge in [0, 0.05) is 34.8 Å². The summed E-state index contributed by atoms with van der Waals surface area (Å²) in [6, 6.07) is 14.3. The molecule has 0 unspecified atom stereocenters. The number of anilines is 3. The highest BCUT2D eigenvalue weighted by atomic mass is 32.1. The average molecular weight is 481 g/mol.